The highest BCUT2D eigenvalue weighted by Crippen LogP contribution is 1.97. The molecular formula is C16H16N4O2. The zero-order valence-corrected chi connectivity index (χ0v) is 12.1. The molecule has 0 unspecified atom stereocenters. The summed E-state index contributed by atoms with van der Waals surface area (Å²) >= 11 is 0. The SMILES string of the molecule is CC(=NNC(=O)CNC(=O)c1ccccc1)c1ccccn1. The molecule has 0 atom stereocenters. The van der Waals surface area contributed by atoms with Crippen LogP contribution in [0.5, 0.6) is 0 Å². The van der Waals surface area contributed by atoms with Gasteiger partial charge in [-0.2, -0.15) is 5.10 Å². The van der Waals surface area contributed by atoms with Crippen LogP contribution in [-0.2, 0) is 4.79 Å². The molecule has 0 aliphatic rings. The van der Waals surface area contributed by atoms with E-state index in [1.807, 2.05) is 12.1 Å². The molecule has 1 heterocycles. The van der Waals surface area contributed by atoms with Gasteiger partial charge in [0.15, 0.2) is 0 Å². The minimum absolute atomic E-state index is 0.146. The number of nitrogens with one attached hydrogen (secondary N) is 2. The van der Waals surface area contributed by atoms with Crippen molar-refractivity contribution in [1.82, 2.24) is 15.7 Å². The number of benzene rings is 1. The van der Waals surface area contributed by atoms with Crippen molar-refractivity contribution >= 4 is 17.5 Å². The molecule has 6 heteroatoms. The molecule has 0 spiro atoms. The molecule has 0 aliphatic carbocycles. The van der Waals surface area contributed by atoms with Crippen LogP contribution in [0.1, 0.15) is 23.0 Å². The first-order valence-corrected chi connectivity index (χ1v) is 6.74. The van der Waals surface area contributed by atoms with Crippen molar-refractivity contribution in [1.29, 1.82) is 0 Å². The van der Waals surface area contributed by atoms with E-state index in [2.05, 4.69) is 20.8 Å². The van der Waals surface area contributed by atoms with E-state index in [0.717, 1.165) is 0 Å². The number of hydrogen-bond acceptors (Lipinski definition) is 4. The Hall–Kier alpha value is -3.02. The Morgan fingerprint density at radius 2 is 1.82 bits per heavy atom. The van der Waals surface area contributed by atoms with Gasteiger partial charge in [-0.3, -0.25) is 14.6 Å². The van der Waals surface area contributed by atoms with E-state index < -0.39 is 5.91 Å². The van der Waals surface area contributed by atoms with E-state index >= 15 is 0 Å². The van der Waals surface area contributed by atoms with E-state index in [0.29, 0.717) is 17.0 Å². The van der Waals surface area contributed by atoms with Crippen LogP contribution in [-0.4, -0.2) is 29.1 Å². The van der Waals surface area contributed by atoms with Gasteiger partial charge >= 0.3 is 0 Å². The van der Waals surface area contributed by atoms with E-state index in [1.54, 1.807) is 49.5 Å². The second kappa shape index (κ2) is 7.68. The Labute approximate surface area is 128 Å². The summed E-state index contributed by atoms with van der Waals surface area (Å²) < 4.78 is 0. The predicted octanol–water partition coefficient (Wildman–Crippen LogP) is 1.35. The smallest absolute Gasteiger partial charge is 0.259 e. The topological polar surface area (TPSA) is 83.5 Å². The Morgan fingerprint density at radius 1 is 1.09 bits per heavy atom. The first kappa shape index (κ1) is 15.4. The fraction of sp³-hybridized carbons (Fsp3) is 0.125. The molecule has 0 saturated heterocycles. The van der Waals surface area contributed by atoms with Crippen LogP contribution in [0.4, 0.5) is 0 Å². The molecular weight excluding hydrogens is 280 g/mol. The van der Waals surface area contributed by atoms with Gasteiger partial charge in [0.2, 0.25) is 0 Å². The highest BCUT2D eigenvalue weighted by atomic mass is 16.2. The minimum Gasteiger partial charge on any atom is -0.343 e. The van der Waals surface area contributed by atoms with Crippen molar-refractivity contribution < 1.29 is 9.59 Å². The van der Waals surface area contributed by atoms with Crippen molar-refractivity contribution in [3.05, 3.63) is 66.0 Å². The van der Waals surface area contributed by atoms with Crippen molar-refractivity contribution in [2.45, 2.75) is 6.92 Å². The third-order valence-electron chi connectivity index (χ3n) is 2.83. The number of carbonyl (C=O) groups excluding carboxylic acids is 2. The Kier molecular flexibility index (Phi) is 5.37. The maximum atomic E-state index is 11.8. The summed E-state index contributed by atoms with van der Waals surface area (Å²) in [7, 11) is 0. The van der Waals surface area contributed by atoms with Gasteiger partial charge in [0.1, 0.15) is 0 Å². The summed E-state index contributed by atoms with van der Waals surface area (Å²) in [5.41, 5.74) is 4.15. The molecule has 0 bridgehead atoms. The molecule has 2 amide bonds. The molecule has 2 N–H and O–H groups in total. The largest absolute Gasteiger partial charge is 0.343 e. The summed E-state index contributed by atoms with van der Waals surface area (Å²) in [6, 6.07) is 14.1. The number of aromatic nitrogens is 1. The van der Waals surface area contributed by atoms with Gasteiger partial charge < -0.3 is 5.32 Å². The molecule has 22 heavy (non-hydrogen) atoms. The Balaban J connectivity index is 1.82. The lowest BCUT2D eigenvalue weighted by molar-refractivity contribution is -0.120. The van der Waals surface area contributed by atoms with Gasteiger partial charge in [0.25, 0.3) is 11.8 Å². The molecule has 2 rings (SSSR count). The third-order valence-corrected chi connectivity index (χ3v) is 2.83. The monoisotopic (exact) mass is 296 g/mol. The van der Waals surface area contributed by atoms with E-state index in [9.17, 15) is 9.59 Å². The van der Waals surface area contributed by atoms with Crippen molar-refractivity contribution in [3.63, 3.8) is 0 Å². The number of hydrogen-bond donors (Lipinski definition) is 2. The lowest BCUT2D eigenvalue weighted by Gasteiger charge is -2.05. The van der Waals surface area contributed by atoms with Crippen molar-refractivity contribution in [3.8, 4) is 0 Å². The molecule has 1 aromatic heterocycles. The van der Waals surface area contributed by atoms with Gasteiger partial charge in [0, 0.05) is 11.8 Å². The molecule has 6 nitrogen and oxygen atoms in total. The van der Waals surface area contributed by atoms with Crippen LogP contribution >= 0.6 is 0 Å². The molecule has 1 aromatic carbocycles. The minimum atomic E-state index is -0.403. The molecule has 2 aromatic rings. The maximum absolute atomic E-state index is 11.8. The van der Waals surface area contributed by atoms with Gasteiger partial charge in [-0.15, -0.1) is 0 Å². The lowest BCUT2D eigenvalue weighted by atomic mass is 10.2. The van der Waals surface area contributed by atoms with Crippen LogP contribution in [0, 0.1) is 0 Å². The average molecular weight is 296 g/mol. The summed E-state index contributed by atoms with van der Waals surface area (Å²) in [6.45, 7) is 1.60. The Morgan fingerprint density at radius 3 is 2.50 bits per heavy atom. The molecule has 112 valence electrons. The highest BCUT2D eigenvalue weighted by molar-refractivity contribution is 5.98. The molecule has 0 radical (unpaired) electrons. The first-order chi connectivity index (χ1) is 10.7. The van der Waals surface area contributed by atoms with Gasteiger partial charge in [-0.25, -0.2) is 5.43 Å². The molecule has 0 fully saturated rings. The molecule has 0 saturated carbocycles. The van der Waals surface area contributed by atoms with Crippen molar-refractivity contribution in [2.24, 2.45) is 5.10 Å². The predicted molar refractivity (Wildman–Crippen MR) is 83.4 cm³/mol. The number of nitrogens with zero attached hydrogens (tertiary/aromatic N) is 2. The number of amides is 2. The summed E-state index contributed by atoms with van der Waals surface area (Å²) in [5, 5.41) is 6.47. The average Bonchev–Trinajstić information content (AvgIpc) is 2.59. The first-order valence-electron chi connectivity index (χ1n) is 6.74. The van der Waals surface area contributed by atoms with Crippen LogP contribution in [0.15, 0.2) is 59.8 Å². The fourth-order valence-electron chi connectivity index (χ4n) is 1.67. The standard InChI is InChI=1S/C16H16N4O2/c1-12(14-9-5-6-10-17-14)19-20-15(21)11-18-16(22)13-7-3-2-4-8-13/h2-10H,11H2,1H3,(H,18,22)(H,20,21). The summed E-state index contributed by atoms with van der Waals surface area (Å²) in [6.07, 6.45) is 1.65. The fourth-order valence-corrected chi connectivity index (χ4v) is 1.67. The van der Waals surface area contributed by atoms with E-state index in [4.69, 9.17) is 0 Å². The highest BCUT2D eigenvalue weighted by Gasteiger charge is 2.07. The second-order valence-electron chi connectivity index (χ2n) is 4.50. The quantitative estimate of drug-likeness (QED) is 0.645. The van der Waals surface area contributed by atoms with Gasteiger partial charge in [-0.05, 0) is 31.2 Å². The zero-order chi connectivity index (χ0) is 15.8. The molecule has 0 aliphatic heterocycles. The van der Waals surface area contributed by atoms with Crippen LogP contribution in [0.3, 0.4) is 0 Å². The Bertz CT molecular complexity index is 669. The number of rotatable bonds is 5. The van der Waals surface area contributed by atoms with E-state index in [1.165, 1.54) is 0 Å². The van der Waals surface area contributed by atoms with Gasteiger partial charge in [-0.1, -0.05) is 24.3 Å². The second-order valence-corrected chi connectivity index (χ2v) is 4.50. The van der Waals surface area contributed by atoms with Crippen LogP contribution in [0.2, 0.25) is 0 Å². The normalized spacial score (nSPS) is 10.9. The van der Waals surface area contributed by atoms with Crippen LogP contribution < -0.4 is 10.7 Å². The lowest BCUT2D eigenvalue weighted by Crippen LogP contribution is -2.35. The zero-order valence-electron chi connectivity index (χ0n) is 12.1. The third kappa shape index (κ3) is 4.52. The number of pyridine rings is 1. The van der Waals surface area contributed by atoms with E-state index in [-0.39, 0.29) is 12.5 Å². The maximum Gasteiger partial charge on any atom is 0.259 e. The van der Waals surface area contributed by atoms with Gasteiger partial charge in [0.05, 0.1) is 18.0 Å². The number of carbonyl (C=O) groups is 2. The van der Waals surface area contributed by atoms with Crippen molar-refractivity contribution in [2.75, 3.05) is 6.54 Å². The van der Waals surface area contributed by atoms with Crippen LogP contribution in [0.25, 0.3) is 0 Å². The summed E-state index contributed by atoms with van der Waals surface area (Å²) in [5.74, 6) is -0.708. The number of hydrazone groups is 1. The summed E-state index contributed by atoms with van der Waals surface area (Å²) in [4.78, 5) is 27.6.